The summed E-state index contributed by atoms with van der Waals surface area (Å²) < 4.78 is 14.4. The van der Waals surface area contributed by atoms with Gasteiger partial charge in [-0.1, -0.05) is 6.92 Å². The number of hydrogen-bond acceptors (Lipinski definition) is 3. The first kappa shape index (κ1) is 11.0. The van der Waals surface area contributed by atoms with Crippen molar-refractivity contribution in [2.75, 3.05) is 11.5 Å². The Labute approximate surface area is 97.5 Å². The average Bonchev–Trinajstić information content (AvgIpc) is 2.63. The molecule has 0 atom stereocenters. The highest BCUT2D eigenvalue weighted by atomic mass is 32.2. The molecule has 0 saturated heterocycles. The fraction of sp³-hybridized carbons (Fsp3) is 0.182. The molecular weight excluding hydrogens is 225 g/mol. The summed E-state index contributed by atoms with van der Waals surface area (Å²) in [6.07, 6.45) is 1.73. The minimum atomic E-state index is -0.266. The Morgan fingerprint density at radius 1 is 1.38 bits per heavy atom. The Bertz CT molecular complexity index is 478. The molecule has 1 aromatic heterocycles. The predicted molar refractivity (Wildman–Crippen MR) is 64.3 cm³/mol. The second-order valence-electron chi connectivity index (χ2n) is 3.22. The lowest BCUT2D eigenvalue weighted by molar-refractivity contribution is 0.627. The first-order chi connectivity index (χ1) is 7.72. The summed E-state index contributed by atoms with van der Waals surface area (Å²) in [7, 11) is 0. The Hall–Kier alpha value is -1.49. The summed E-state index contributed by atoms with van der Waals surface area (Å²) in [6, 6.07) is 6.09. The van der Waals surface area contributed by atoms with Gasteiger partial charge in [0.1, 0.15) is 11.6 Å². The quantitative estimate of drug-likeness (QED) is 0.835. The highest BCUT2D eigenvalue weighted by Crippen LogP contribution is 2.26. The first-order valence-corrected chi connectivity index (χ1v) is 5.93. The van der Waals surface area contributed by atoms with Crippen LogP contribution in [-0.4, -0.2) is 15.5 Å². The summed E-state index contributed by atoms with van der Waals surface area (Å²) in [5.41, 5.74) is 6.71. The standard InChI is InChI=1S/C11H12FN3S/c1-2-16-10-7-14-15(11(10)13)9-5-3-8(12)4-6-9/h3-7H,2,13H2,1H3. The molecule has 2 rings (SSSR count). The van der Waals surface area contributed by atoms with Crippen LogP contribution < -0.4 is 5.73 Å². The van der Waals surface area contributed by atoms with Gasteiger partial charge in [-0.25, -0.2) is 9.07 Å². The maximum Gasteiger partial charge on any atom is 0.140 e. The fourth-order valence-corrected chi connectivity index (χ4v) is 2.06. The van der Waals surface area contributed by atoms with E-state index in [-0.39, 0.29) is 5.82 Å². The number of aromatic nitrogens is 2. The molecule has 0 saturated carbocycles. The summed E-state index contributed by atoms with van der Waals surface area (Å²) in [5.74, 6) is 1.27. The van der Waals surface area contributed by atoms with Crippen LogP contribution in [0.5, 0.6) is 0 Å². The van der Waals surface area contributed by atoms with Crippen molar-refractivity contribution >= 4 is 17.6 Å². The predicted octanol–water partition coefficient (Wildman–Crippen LogP) is 2.71. The summed E-state index contributed by atoms with van der Waals surface area (Å²) in [6.45, 7) is 2.05. The van der Waals surface area contributed by atoms with Crippen molar-refractivity contribution in [3.63, 3.8) is 0 Å². The van der Waals surface area contributed by atoms with Crippen molar-refractivity contribution in [3.05, 3.63) is 36.3 Å². The molecule has 1 aromatic carbocycles. The number of hydrogen-bond donors (Lipinski definition) is 1. The number of nitrogens with two attached hydrogens (primary N) is 1. The molecule has 84 valence electrons. The Morgan fingerprint density at radius 2 is 2.06 bits per heavy atom. The zero-order valence-electron chi connectivity index (χ0n) is 8.85. The van der Waals surface area contributed by atoms with Crippen molar-refractivity contribution in [1.82, 2.24) is 9.78 Å². The molecule has 1 heterocycles. The van der Waals surface area contributed by atoms with Crippen LogP contribution in [0.15, 0.2) is 35.4 Å². The van der Waals surface area contributed by atoms with E-state index in [0.717, 1.165) is 16.3 Å². The van der Waals surface area contributed by atoms with Crippen LogP contribution in [-0.2, 0) is 0 Å². The van der Waals surface area contributed by atoms with Crippen molar-refractivity contribution in [3.8, 4) is 5.69 Å². The average molecular weight is 237 g/mol. The van der Waals surface area contributed by atoms with Crippen molar-refractivity contribution in [2.45, 2.75) is 11.8 Å². The molecule has 16 heavy (non-hydrogen) atoms. The van der Waals surface area contributed by atoms with Crippen LogP contribution in [0, 0.1) is 5.82 Å². The molecule has 0 fully saturated rings. The highest BCUT2D eigenvalue weighted by Gasteiger charge is 2.08. The third-order valence-corrected chi connectivity index (χ3v) is 3.06. The smallest absolute Gasteiger partial charge is 0.140 e. The maximum atomic E-state index is 12.8. The topological polar surface area (TPSA) is 43.8 Å². The first-order valence-electron chi connectivity index (χ1n) is 4.94. The van der Waals surface area contributed by atoms with E-state index >= 15 is 0 Å². The van der Waals surface area contributed by atoms with Crippen LogP contribution in [0.4, 0.5) is 10.2 Å². The number of anilines is 1. The maximum absolute atomic E-state index is 12.8. The lowest BCUT2D eigenvalue weighted by Crippen LogP contribution is -2.02. The van der Waals surface area contributed by atoms with E-state index in [4.69, 9.17) is 5.73 Å². The number of benzene rings is 1. The van der Waals surface area contributed by atoms with Crippen LogP contribution in [0.2, 0.25) is 0 Å². The third kappa shape index (κ3) is 2.04. The monoisotopic (exact) mass is 237 g/mol. The van der Waals surface area contributed by atoms with Crippen molar-refractivity contribution in [2.24, 2.45) is 0 Å². The van der Waals surface area contributed by atoms with Gasteiger partial charge < -0.3 is 5.73 Å². The molecule has 0 aliphatic heterocycles. The van der Waals surface area contributed by atoms with Gasteiger partial charge in [-0.05, 0) is 30.0 Å². The largest absolute Gasteiger partial charge is 0.383 e. The zero-order valence-corrected chi connectivity index (χ0v) is 9.67. The SMILES string of the molecule is CCSc1cnn(-c2ccc(F)cc2)c1N. The summed E-state index contributed by atoms with van der Waals surface area (Å²) in [4.78, 5) is 0.951. The lowest BCUT2D eigenvalue weighted by Gasteiger charge is -2.04. The van der Waals surface area contributed by atoms with E-state index in [2.05, 4.69) is 12.0 Å². The minimum absolute atomic E-state index is 0.266. The van der Waals surface area contributed by atoms with Gasteiger partial charge in [-0.3, -0.25) is 0 Å². The molecule has 0 bridgehead atoms. The Morgan fingerprint density at radius 3 is 2.69 bits per heavy atom. The van der Waals surface area contributed by atoms with Gasteiger partial charge in [0.2, 0.25) is 0 Å². The summed E-state index contributed by atoms with van der Waals surface area (Å²) in [5, 5.41) is 4.18. The van der Waals surface area contributed by atoms with Crippen LogP contribution in [0.1, 0.15) is 6.92 Å². The molecule has 0 amide bonds. The van der Waals surface area contributed by atoms with E-state index < -0.39 is 0 Å². The number of rotatable bonds is 3. The molecule has 5 heteroatoms. The molecular formula is C11H12FN3S. The zero-order chi connectivity index (χ0) is 11.5. The lowest BCUT2D eigenvalue weighted by atomic mass is 10.3. The molecule has 0 aliphatic carbocycles. The number of nitrogen functional groups attached to an aromatic ring is 1. The molecule has 0 aliphatic rings. The minimum Gasteiger partial charge on any atom is -0.383 e. The Kier molecular flexibility index (Phi) is 3.14. The molecule has 0 spiro atoms. The van der Waals surface area contributed by atoms with Crippen molar-refractivity contribution in [1.29, 1.82) is 0 Å². The van der Waals surface area contributed by atoms with Gasteiger partial charge in [-0.15, -0.1) is 11.8 Å². The summed E-state index contributed by atoms with van der Waals surface area (Å²) >= 11 is 1.64. The van der Waals surface area contributed by atoms with Gasteiger partial charge in [0, 0.05) is 0 Å². The van der Waals surface area contributed by atoms with Crippen LogP contribution >= 0.6 is 11.8 Å². The van der Waals surface area contributed by atoms with Gasteiger partial charge in [0.05, 0.1) is 16.8 Å². The van der Waals surface area contributed by atoms with E-state index in [1.807, 2.05) is 0 Å². The van der Waals surface area contributed by atoms with E-state index in [9.17, 15) is 4.39 Å². The van der Waals surface area contributed by atoms with Crippen molar-refractivity contribution < 1.29 is 4.39 Å². The number of thioether (sulfide) groups is 1. The second kappa shape index (κ2) is 4.57. The molecule has 3 nitrogen and oxygen atoms in total. The van der Waals surface area contributed by atoms with E-state index in [0.29, 0.717) is 5.82 Å². The van der Waals surface area contributed by atoms with Gasteiger partial charge >= 0.3 is 0 Å². The van der Waals surface area contributed by atoms with Crippen LogP contribution in [0.25, 0.3) is 5.69 Å². The molecule has 2 aromatic rings. The Balaban J connectivity index is 2.37. The highest BCUT2D eigenvalue weighted by molar-refractivity contribution is 7.99. The number of halogens is 1. The number of nitrogens with zero attached hydrogens (tertiary/aromatic N) is 2. The molecule has 0 unspecified atom stereocenters. The fourth-order valence-electron chi connectivity index (χ4n) is 1.40. The van der Waals surface area contributed by atoms with E-state index in [1.54, 1.807) is 34.8 Å². The molecule has 0 radical (unpaired) electrons. The van der Waals surface area contributed by atoms with Gasteiger partial charge in [-0.2, -0.15) is 5.10 Å². The van der Waals surface area contributed by atoms with E-state index in [1.165, 1.54) is 12.1 Å². The van der Waals surface area contributed by atoms with Gasteiger partial charge in [0.25, 0.3) is 0 Å². The van der Waals surface area contributed by atoms with Crippen LogP contribution in [0.3, 0.4) is 0 Å². The molecule has 2 N–H and O–H groups in total. The third-order valence-electron chi connectivity index (χ3n) is 2.14. The van der Waals surface area contributed by atoms with Gasteiger partial charge in [0.15, 0.2) is 0 Å². The second-order valence-corrected chi connectivity index (χ2v) is 4.52. The normalized spacial score (nSPS) is 10.6.